The Labute approximate surface area is 164 Å². The monoisotopic (exact) mass is 474 g/mol. The van der Waals surface area contributed by atoms with Crippen LogP contribution in [0.15, 0.2) is 58.1 Å². The van der Waals surface area contributed by atoms with E-state index in [1.165, 1.54) is 9.35 Å². The number of hydrogen-bond acceptors (Lipinski definition) is 4. The number of halogens is 2. The Morgan fingerprint density at radius 2 is 1.08 bits per heavy atom. The number of alkyl halides is 2. The van der Waals surface area contributed by atoms with E-state index in [1.54, 1.807) is 36.4 Å². The minimum Gasteiger partial charge on any atom is -0.267 e. The van der Waals surface area contributed by atoms with Crippen molar-refractivity contribution in [3.05, 3.63) is 80.9 Å². The van der Waals surface area contributed by atoms with E-state index in [1.807, 2.05) is 12.1 Å². The number of para-hydroxylation sites is 2. The average Bonchev–Trinajstić information content (AvgIpc) is 2.68. The second-order valence-corrected chi connectivity index (χ2v) is 6.71. The highest BCUT2D eigenvalue weighted by Crippen LogP contribution is 2.14. The van der Waals surface area contributed by atoms with E-state index in [-0.39, 0.29) is 11.1 Å². The molecule has 0 radical (unpaired) electrons. The van der Waals surface area contributed by atoms with Crippen LogP contribution < -0.4 is 11.1 Å². The molecule has 0 spiro atoms. The zero-order valence-corrected chi connectivity index (χ0v) is 16.6. The molecule has 0 N–H and O–H groups in total. The van der Waals surface area contributed by atoms with Gasteiger partial charge in [0.1, 0.15) is 11.6 Å². The molecule has 2 aromatic heterocycles. The molecule has 6 nitrogen and oxygen atoms in total. The lowest BCUT2D eigenvalue weighted by molar-refractivity contribution is 0.550. The van der Waals surface area contributed by atoms with Gasteiger partial charge in [0.25, 0.3) is 11.1 Å². The van der Waals surface area contributed by atoms with Crippen molar-refractivity contribution in [1.82, 2.24) is 19.3 Å². The molecule has 0 aliphatic heterocycles. The minimum atomic E-state index is -0.313. The molecule has 0 bridgehead atoms. The van der Waals surface area contributed by atoms with Gasteiger partial charge < -0.3 is 0 Å². The quantitative estimate of drug-likeness (QED) is 0.426. The third-order valence-corrected chi connectivity index (χ3v) is 5.08. The molecule has 130 valence electrons. The molecule has 0 saturated heterocycles. The molecule has 4 aromatic rings. The van der Waals surface area contributed by atoms with E-state index >= 15 is 0 Å². The molecular formula is C18H12Br2N4O2. The van der Waals surface area contributed by atoms with Crippen molar-refractivity contribution in [3.63, 3.8) is 0 Å². The Balaban J connectivity index is 2.20. The lowest BCUT2D eigenvalue weighted by Crippen LogP contribution is -2.39. The third kappa shape index (κ3) is 2.60. The molecule has 0 aliphatic rings. The topological polar surface area (TPSA) is 69.8 Å². The summed E-state index contributed by atoms with van der Waals surface area (Å²) in [6.45, 7) is 0. The summed E-state index contributed by atoms with van der Waals surface area (Å²) in [5.41, 5.74) is 0.550. The molecule has 26 heavy (non-hydrogen) atoms. The van der Waals surface area contributed by atoms with E-state index in [2.05, 4.69) is 41.8 Å². The Morgan fingerprint density at radius 1 is 0.692 bits per heavy atom. The molecule has 2 heterocycles. The first-order valence-electron chi connectivity index (χ1n) is 7.79. The van der Waals surface area contributed by atoms with Crippen molar-refractivity contribution in [1.29, 1.82) is 0 Å². The van der Waals surface area contributed by atoms with Crippen LogP contribution in [0.4, 0.5) is 0 Å². The van der Waals surface area contributed by atoms with Crippen molar-refractivity contribution < 1.29 is 0 Å². The van der Waals surface area contributed by atoms with E-state index in [0.717, 1.165) is 0 Å². The van der Waals surface area contributed by atoms with Gasteiger partial charge in [-0.25, -0.2) is 9.97 Å². The van der Waals surface area contributed by atoms with Crippen molar-refractivity contribution in [2.75, 3.05) is 0 Å². The molecule has 0 fully saturated rings. The van der Waals surface area contributed by atoms with Crippen LogP contribution in [0.3, 0.4) is 0 Å². The lowest BCUT2D eigenvalue weighted by Gasteiger charge is -2.17. The van der Waals surface area contributed by atoms with Gasteiger partial charge in [-0.2, -0.15) is 9.35 Å². The van der Waals surface area contributed by atoms with Gasteiger partial charge in [-0.05, 0) is 24.3 Å². The van der Waals surface area contributed by atoms with Gasteiger partial charge >= 0.3 is 0 Å². The summed E-state index contributed by atoms with van der Waals surface area (Å²) in [4.78, 5) is 35.4. The Morgan fingerprint density at radius 3 is 1.46 bits per heavy atom. The van der Waals surface area contributed by atoms with Gasteiger partial charge in [0.15, 0.2) is 0 Å². The van der Waals surface area contributed by atoms with Crippen LogP contribution in [-0.4, -0.2) is 19.3 Å². The summed E-state index contributed by atoms with van der Waals surface area (Å²) in [5.74, 6) is 0.852. The number of hydrogen-bond donors (Lipinski definition) is 0. The van der Waals surface area contributed by atoms with Gasteiger partial charge in [-0.15, -0.1) is 0 Å². The second kappa shape index (κ2) is 6.77. The van der Waals surface area contributed by atoms with E-state index in [9.17, 15) is 9.59 Å². The highest BCUT2D eigenvalue weighted by molar-refractivity contribution is 9.08. The second-order valence-electron chi connectivity index (χ2n) is 5.59. The van der Waals surface area contributed by atoms with Gasteiger partial charge in [-0.3, -0.25) is 9.59 Å². The van der Waals surface area contributed by atoms with Crippen LogP contribution in [0.1, 0.15) is 11.6 Å². The molecule has 2 aromatic carbocycles. The summed E-state index contributed by atoms with van der Waals surface area (Å²) >= 11 is 6.75. The summed E-state index contributed by atoms with van der Waals surface area (Å²) < 4.78 is 2.60. The predicted molar refractivity (Wildman–Crippen MR) is 108 cm³/mol. The van der Waals surface area contributed by atoms with Gasteiger partial charge in [0, 0.05) is 0 Å². The molecule has 0 atom stereocenters. The van der Waals surface area contributed by atoms with Gasteiger partial charge in [0.05, 0.1) is 32.5 Å². The summed E-state index contributed by atoms with van der Waals surface area (Å²) in [6, 6.07) is 14.2. The summed E-state index contributed by atoms with van der Waals surface area (Å²) in [7, 11) is 0. The molecule has 0 unspecified atom stereocenters. The predicted octanol–water partition coefficient (Wildman–Crippen LogP) is 3.21. The van der Waals surface area contributed by atoms with Crippen LogP contribution >= 0.6 is 31.9 Å². The number of fused-ring (bicyclic) bond motifs is 2. The molecule has 8 heteroatoms. The Bertz CT molecular complexity index is 1160. The minimum absolute atomic E-state index is 0.313. The van der Waals surface area contributed by atoms with Gasteiger partial charge in [-0.1, -0.05) is 56.1 Å². The van der Waals surface area contributed by atoms with Crippen molar-refractivity contribution >= 4 is 53.7 Å². The van der Waals surface area contributed by atoms with Crippen molar-refractivity contribution in [2.24, 2.45) is 0 Å². The first kappa shape index (κ1) is 17.1. The maximum absolute atomic E-state index is 13.2. The Kier molecular flexibility index (Phi) is 4.46. The fraction of sp³-hybridized carbons (Fsp3) is 0.111. The number of rotatable bonds is 3. The highest BCUT2D eigenvalue weighted by atomic mass is 79.9. The van der Waals surface area contributed by atoms with Crippen LogP contribution in [0.5, 0.6) is 0 Å². The highest BCUT2D eigenvalue weighted by Gasteiger charge is 2.18. The maximum atomic E-state index is 13.2. The number of aromatic nitrogens is 4. The van der Waals surface area contributed by atoms with E-state index in [0.29, 0.717) is 44.1 Å². The zero-order chi connectivity index (χ0) is 18.3. The fourth-order valence-electron chi connectivity index (χ4n) is 2.92. The smallest absolute Gasteiger partial charge is 0.267 e. The average molecular weight is 476 g/mol. The first-order valence-corrected chi connectivity index (χ1v) is 10.0. The Hall–Kier alpha value is -2.32. The van der Waals surface area contributed by atoms with E-state index < -0.39 is 0 Å². The third-order valence-electron chi connectivity index (χ3n) is 4.08. The number of benzene rings is 2. The SMILES string of the molecule is O=c1c2ccccc2nc(CBr)n1-n1c(CBr)nc2ccccc2c1=O. The fourth-order valence-corrected chi connectivity index (χ4v) is 3.65. The van der Waals surface area contributed by atoms with E-state index in [4.69, 9.17) is 0 Å². The molecule has 0 amide bonds. The summed E-state index contributed by atoms with van der Waals surface area (Å²) in [5, 5.41) is 1.51. The van der Waals surface area contributed by atoms with Crippen LogP contribution in [0.2, 0.25) is 0 Å². The van der Waals surface area contributed by atoms with Crippen molar-refractivity contribution in [3.8, 4) is 0 Å². The molecule has 0 aliphatic carbocycles. The molecule has 4 rings (SSSR count). The number of nitrogens with zero attached hydrogens (tertiary/aromatic N) is 4. The zero-order valence-electron chi connectivity index (χ0n) is 13.4. The van der Waals surface area contributed by atoms with Crippen LogP contribution in [-0.2, 0) is 10.7 Å². The molecular weight excluding hydrogens is 464 g/mol. The summed E-state index contributed by atoms with van der Waals surface area (Å²) in [6.07, 6.45) is 0. The molecule has 0 saturated carbocycles. The van der Waals surface area contributed by atoms with Crippen LogP contribution in [0, 0.1) is 0 Å². The largest absolute Gasteiger partial charge is 0.280 e. The lowest BCUT2D eigenvalue weighted by atomic mass is 10.2. The van der Waals surface area contributed by atoms with Crippen molar-refractivity contribution in [2.45, 2.75) is 10.7 Å². The standard InChI is InChI=1S/C18H12Br2N4O2/c19-9-15-21-13-7-3-1-5-11(13)17(25)23(15)24-16(10-20)22-14-8-4-2-6-12(14)18(24)26/h1-8H,9-10H2. The normalized spacial score (nSPS) is 11.3. The first-order chi connectivity index (χ1) is 12.7. The van der Waals surface area contributed by atoms with Gasteiger partial charge in [0.2, 0.25) is 0 Å². The maximum Gasteiger partial charge on any atom is 0.280 e. The van der Waals surface area contributed by atoms with Crippen LogP contribution in [0.25, 0.3) is 21.8 Å².